The van der Waals surface area contributed by atoms with Crippen LogP contribution in [0.4, 0.5) is 27.9 Å². The van der Waals surface area contributed by atoms with Gasteiger partial charge in [-0.25, -0.2) is 19.7 Å². The predicted octanol–water partition coefficient (Wildman–Crippen LogP) is 3.36. The van der Waals surface area contributed by atoms with Crippen molar-refractivity contribution in [2.75, 3.05) is 54.9 Å². The lowest BCUT2D eigenvalue weighted by atomic mass is 10.2. The number of amides is 2. The third-order valence-electron chi connectivity index (χ3n) is 5.68. The minimum absolute atomic E-state index is 0.136. The Morgan fingerprint density at radius 2 is 1.71 bits per heavy atom. The fourth-order valence-electron chi connectivity index (χ4n) is 3.98. The maximum Gasteiger partial charge on any atom is 0.321 e. The first-order valence-electron chi connectivity index (χ1n) is 11.3. The number of nitrogens with zero attached hydrogens (tertiary/aromatic N) is 5. The molecule has 0 spiro atoms. The molecule has 4 heterocycles. The molecule has 2 aliphatic rings. The molecule has 1 aromatic carbocycles. The highest BCUT2D eigenvalue weighted by atomic mass is 16.6. The molecule has 3 aromatic rings. The van der Waals surface area contributed by atoms with Gasteiger partial charge in [-0.05, 0) is 43.7 Å². The van der Waals surface area contributed by atoms with Crippen LogP contribution in [0.5, 0.6) is 11.5 Å². The van der Waals surface area contributed by atoms with Gasteiger partial charge in [0.2, 0.25) is 0 Å². The minimum atomic E-state index is -0.136. The molecule has 2 amide bonds. The van der Waals surface area contributed by atoms with Crippen LogP contribution in [0.3, 0.4) is 0 Å². The molecule has 10 heteroatoms. The number of urea groups is 1. The second-order valence-electron chi connectivity index (χ2n) is 8.26. The van der Waals surface area contributed by atoms with Crippen molar-refractivity contribution in [1.29, 1.82) is 0 Å². The second-order valence-corrected chi connectivity index (χ2v) is 8.26. The van der Waals surface area contributed by atoms with E-state index in [0.29, 0.717) is 68.2 Å². The van der Waals surface area contributed by atoms with E-state index >= 15 is 0 Å². The number of aromatic nitrogens is 3. The molecule has 10 nitrogen and oxygen atoms in total. The minimum Gasteiger partial charge on any atom is -0.486 e. The molecule has 0 unspecified atom stereocenters. The lowest BCUT2D eigenvalue weighted by Crippen LogP contribution is -2.50. The highest BCUT2D eigenvalue weighted by Crippen LogP contribution is 2.32. The molecule has 0 radical (unpaired) electrons. The molecule has 176 valence electrons. The number of benzene rings is 1. The van der Waals surface area contributed by atoms with Crippen molar-refractivity contribution in [1.82, 2.24) is 19.9 Å². The third-order valence-corrected chi connectivity index (χ3v) is 5.68. The second kappa shape index (κ2) is 9.42. The number of pyridine rings is 1. The van der Waals surface area contributed by atoms with Crippen LogP contribution >= 0.6 is 0 Å². The summed E-state index contributed by atoms with van der Waals surface area (Å²) in [6.07, 6.45) is 1.77. The molecule has 0 aliphatic carbocycles. The largest absolute Gasteiger partial charge is 0.486 e. The van der Waals surface area contributed by atoms with Crippen LogP contribution in [0.25, 0.3) is 0 Å². The Bertz CT molecular complexity index is 1190. The van der Waals surface area contributed by atoms with Crippen LogP contribution in [0.2, 0.25) is 0 Å². The summed E-state index contributed by atoms with van der Waals surface area (Å²) in [5, 5.41) is 6.22. The van der Waals surface area contributed by atoms with Crippen LogP contribution in [0.15, 0.2) is 42.6 Å². The highest BCUT2D eigenvalue weighted by Gasteiger charge is 2.23. The highest BCUT2D eigenvalue weighted by molar-refractivity contribution is 5.90. The van der Waals surface area contributed by atoms with Crippen molar-refractivity contribution < 1.29 is 14.3 Å². The first-order valence-corrected chi connectivity index (χ1v) is 11.3. The van der Waals surface area contributed by atoms with E-state index < -0.39 is 0 Å². The van der Waals surface area contributed by atoms with Crippen LogP contribution in [-0.2, 0) is 0 Å². The summed E-state index contributed by atoms with van der Waals surface area (Å²) in [6.45, 7) is 7.45. The quantitative estimate of drug-likeness (QED) is 0.610. The lowest BCUT2D eigenvalue weighted by Gasteiger charge is -2.35. The molecular weight excluding hydrogens is 434 g/mol. The molecule has 0 bridgehead atoms. The number of aryl methyl sites for hydroxylation is 2. The van der Waals surface area contributed by atoms with Crippen molar-refractivity contribution in [3.05, 3.63) is 54.0 Å². The van der Waals surface area contributed by atoms with Crippen molar-refractivity contribution in [3.8, 4) is 11.5 Å². The Hall–Kier alpha value is -4.08. The van der Waals surface area contributed by atoms with E-state index in [2.05, 4.69) is 30.5 Å². The maximum atomic E-state index is 12.8. The van der Waals surface area contributed by atoms with Crippen molar-refractivity contribution in [2.45, 2.75) is 13.8 Å². The average molecular weight is 462 g/mol. The van der Waals surface area contributed by atoms with Gasteiger partial charge in [-0.1, -0.05) is 0 Å². The van der Waals surface area contributed by atoms with E-state index in [4.69, 9.17) is 9.47 Å². The van der Waals surface area contributed by atoms with Gasteiger partial charge >= 0.3 is 6.03 Å². The summed E-state index contributed by atoms with van der Waals surface area (Å²) in [4.78, 5) is 30.2. The molecule has 0 atom stereocenters. The fraction of sp³-hybridized carbons (Fsp3) is 0.333. The predicted molar refractivity (Wildman–Crippen MR) is 129 cm³/mol. The summed E-state index contributed by atoms with van der Waals surface area (Å²) in [7, 11) is 0. The molecule has 5 rings (SSSR count). The normalized spacial score (nSPS) is 15.1. The van der Waals surface area contributed by atoms with Crippen molar-refractivity contribution >= 4 is 29.2 Å². The van der Waals surface area contributed by atoms with E-state index in [9.17, 15) is 4.79 Å². The number of fused-ring (bicyclic) bond motifs is 1. The van der Waals surface area contributed by atoms with E-state index in [0.717, 1.165) is 17.2 Å². The smallest absolute Gasteiger partial charge is 0.321 e. The van der Waals surface area contributed by atoms with Gasteiger partial charge < -0.3 is 29.9 Å². The summed E-state index contributed by atoms with van der Waals surface area (Å²) in [5.41, 5.74) is 1.80. The standard InChI is InChI=1S/C24H27N7O3/c1-16-5-6-25-21(13-16)29-22-15-23(27-17(2)26-22)30-7-9-31(10-8-30)24(32)28-18-3-4-19-20(14-18)34-12-11-33-19/h3-6,13-15H,7-12H2,1-2H3,(H,28,32)(H,25,26,27,29). The van der Waals surface area contributed by atoms with Crippen LogP contribution in [0, 0.1) is 13.8 Å². The topological polar surface area (TPSA) is 105 Å². The fourth-order valence-corrected chi connectivity index (χ4v) is 3.98. The molecular formula is C24H27N7O3. The van der Waals surface area contributed by atoms with E-state index in [-0.39, 0.29) is 6.03 Å². The van der Waals surface area contributed by atoms with Gasteiger partial charge in [-0.2, -0.15) is 0 Å². The van der Waals surface area contributed by atoms with E-state index in [1.165, 1.54) is 0 Å². The van der Waals surface area contributed by atoms with E-state index in [1.807, 2.05) is 44.2 Å². The Morgan fingerprint density at radius 1 is 0.912 bits per heavy atom. The number of hydrogen-bond acceptors (Lipinski definition) is 8. The van der Waals surface area contributed by atoms with Gasteiger partial charge in [0.25, 0.3) is 0 Å². The van der Waals surface area contributed by atoms with Gasteiger partial charge in [-0.15, -0.1) is 0 Å². The van der Waals surface area contributed by atoms with Gasteiger partial charge in [0.1, 0.15) is 36.5 Å². The number of carbonyl (C=O) groups is 1. The summed E-state index contributed by atoms with van der Waals surface area (Å²) in [5.74, 6) is 4.29. The summed E-state index contributed by atoms with van der Waals surface area (Å²) >= 11 is 0. The first-order chi connectivity index (χ1) is 16.5. The first kappa shape index (κ1) is 21.7. The van der Waals surface area contributed by atoms with Gasteiger partial charge in [0, 0.05) is 50.2 Å². The number of piperazine rings is 1. The molecule has 2 N–H and O–H groups in total. The third kappa shape index (κ3) is 4.95. The molecule has 0 saturated carbocycles. The maximum absolute atomic E-state index is 12.8. The molecule has 1 fully saturated rings. The van der Waals surface area contributed by atoms with Crippen LogP contribution < -0.4 is 25.0 Å². The van der Waals surface area contributed by atoms with Gasteiger partial charge in [0.15, 0.2) is 11.5 Å². The zero-order valence-electron chi connectivity index (χ0n) is 19.2. The molecule has 1 saturated heterocycles. The Labute approximate surface area is 197 Å². The number of anilines is 4. The lowest BCUT2D eigenvalue weighted by molar-refractivity contribution is 0.171. The molecule has 2 aliphatic heterocycles. The summed E-state index contributed by atoms with van der Waals surface area (Å²) in [6, 6.07) is 11.1. The number of carbonyl (C=O) groups excluding carboxylic acids is 1. The number of rotatable bonds is 4. The van der Waals surface area contributed by atoms with Crippen molar-refractivity contribution in [3.63, 3.8) is 0 Å². The zero-order chi connectivity index (χ0) is 23.5. The number of ether oxygens (including phenoxy) is 2. The number of nitrogens with one attached hydrogen (secondary N) is 2. The molecule has 2 aromatic heterocycles. The number of hydrogen-bond donors (Lipinski definition) is 2. The Kier molecular flexibility index (Phi) is 6.03. The molecule has 34 heavy (non-hydrogen) atoms. The Morgan fingerprint density at radius 3 is 2.50 bits per heavy atom. The summed E-state index contributed by atoms with van der Waals surface area (Å²) < 4.78 is 11.1. The van der Waals surface area contributed by atoms with E-state index in [1.54, 1.807) is 17.2 Å². The Balaban J connectivity index is 1.20. The monoisotopic (exact) mass is 461 g/mol. The van der Waals surface area contributed by atoms with Crippen LogP contribution in [-0.4, -0.2) is 65.3 Å². The van der Waals surface area contributed by atoms with Crippen molar-refractivity contribution in [2.24, 2.45) is 0 Å². The van der Waals surface area contributed by atoms with Crippen LogP contribution in [0.1, 0.15) is 11.4 Å². The zero-order valence-corrected chi connectivity index (χ0v) is 19.2. The van der Waals surface area contributed by atoms with Gasteiger partial charge in [-0.3, -0.25) is 0 Å². The van der Waals surface area contributed by atoms with Gasteiger partial charge in [0.05, 0.1) is 0 Å². The SMILES string of the molecule is Cc1ccnc(Nc2cc(N3CCN(C(=O)Nc4ccc5c(c4)OCCO5)CC3)nc(C)n2)c1. The average Bonchev–Trinajstić information content (AvgIpc) is 2.84.